The van der Waals surface area contributed by atoms with E-state index in [1.807, 2.05) is 29.2 Å². The Bertz CT molecular complexity index is 1140. The number of carboxylic acid groups (broad SMARTS) is 1. The molecule has 1 amide bonds. The molecule has 1 aliphatic rings. The van der Waals surface area contributed by atoms with Gasteiger partial charge in [0.05, 0.1) is 12.0 Å². The van der Waals surface area contributed by atoms with Gasteiger partial charge in [-0.15, -0.1) is 11.3 Å². The molecule has 2 aromatic carbocycles. The van der Waals surface area contributed by atoms with E-state index in [0.29, 0.717) is 23.1 Å². The lowest BCUT2D eigenvalue weighted by molar-refractivity contribution is -0.134. The smallest absolute Gasteiger partial charge is 0.355 e. The molecule has 1 aromatic heterocycles. The van der Waals surface area contributed by atoms with Crippen LogP contribution in [0.5, 0.6) is 0 Å². The van der Waals surface area contributed by atoms with E-state index in [-0.39, 0.29) is 11.6 Å². The number of amides is 1. The molecular weight excluding hydrogens is 456 g/mol. The maximum Gasteiger partial charge on any atom is 0.355 e. The zero-order valence-electron chi connectivity index (χ0n) is 18.6. The predicted molar refractivity (Wildman–Crippen MR) is 131 cm³/mol. The van der Waals surface area contributed by atoms with Gasteiger partial charge in [-0.05, 0) is 60.9 Å². The number of aromatic nitrogens is 1. The fraction of sp³-hybridized carbons (Fsp3) is 0.346. The van der Waals surface area contributed by atoms with Crippen LogP contribution in [0.15, 0.2) is 53.9 Å². The van der Waals surface area contributed by atoms with E-state index in [0.717, 1.165) is 43.2 Å². The SMILES string of the molecule is CCc1ccc(C2(C(=O)N(CCCc3cccc(Cl)c3)Cc3nc(C(=O)O)cs3)CC2)cc1. The molecule has 33 heavy (non-hydrogen) atoms. The van der Waals surface area contributed by atoms with E-state index in [4.69, 9.17) is 11.6 Å². The minimum atomic E-state index is -1.05. The van der Waals surface area contributed by atoms with Crippen LogP contribution in [0.2, 0.25) is 5.02 Å². The van der Waals surface area contributed by atoms with E-state index in [2.05, 4.69) is 36.2 Å². The first-order valence-corrected chi connectivity index (χ1v) is 12.5. The van der Waals surface area contributed by atoms with Crippen molar-refractivity contribution in [2.75, 3.05) is 6.54 Å². The fourth-order valence-corrected chi connectivity index (χ4v) is 5.17. The number of carbonyl (C=O) groups is 2. The summed E-state index contributed by atoms with van der Waals surface area (Å²) in [5.74, 6) is -0.948. The van der Waals surface area contributed by atoms with Crippen molar-refractivity contribution in [3.8, 4) is 0 Å². The summed E-state index contributed by atoms with van der Waals surface area (Å²) in [6.07, 6.45) is 4.22. The molecule has 0 spiro atoms. The van der Waals surface area contributed by atoms with Crippen LogP contribution in [0, 0.1) is 0 Å². The second-order valence-corrected chi connectivity index (χ2v) is 9.90. The van der Waals surface area contributed by atoms with Gasteiger partial charge in [-0.3, -0.25) is 4.79 Å². The Balaban J connectivity index is 1.52. The van der Waals surface area contributed by atoms with Gasteiger partial charge in [-0.25, -0.2) is 9.78 Å². The molecule has 1 heterocycles. The lowest BCUT2D eigenvalue weighted by atomic mass is 9.93. The first kappa shape index (κ1) is 23.5. The summed E-state index contributed by atoms with van der Waals surface area (Å²) in [5, 5.41) is 12.1. The maximum atomic E-state index is 13.8. The number of aryl methyl sites for hydroxylation is 2. The molecule has 0 atom stereocenters. The Labute approximate surface area is 203 Å². The van der Waals surface area contributed by atoms with Gasteiger partial charge in [-0.1, -0.05) is 54.9 Å². The predicted octanol–water partition coefficient (Wildman–Crippen LogP) is 5.75. The second kappa shape index (κ2) is 10.1. The molecule has 5 nitrogen and oxygen atoms in total. The molecule has 0 aliphatic heterocycles. The Morgan fingerprint density at radius 3 is 2.52 bits per heavy atom. The third-order valence-electron chi connectivity index (χ3n) is 6.24. The normalized spacial score (nSPS) is 14.1. The van der Waals surface area contributed by atoms with Gasteiger partial charge in [-0.2, -0.15) is 0 Å². The van der Waals surface area contributed by atoms with Crippen LogP contribution in [0.4, 0.5) is 0 Å². The summed E-state index contributed by atoms with van der Waals surface area (Å²) in [6, 6.07) is 16.1. The maximum absolute atomic E-state index is 13.8. The number of halogens is 1. The van der Waals surface area contributed by atoms with E-state index in [9.17, 15) is 14.7 Å². The van der Waals surface area contributed by atoms with Crippen molar-refractivity contribution in [1.29, 1.82) is 0 Å². The molecule has 0 saturated heterocycles. The highest BCUT2D eigenvalue weighted by atomic mass is 35.5. The van der Waals surface area contributed by atoms with Crippen molar-refractivity contribution < 1.29 is 14.7 Å². The molecule has 1 fully saturated rings. The molecule has 0 bridgehead atoms. The monoisotopic (exact) mass is 482 g/mol. The molecule has 0 radical (unpaired) electrons. The Morgan fingerprint density at radius 1 is 1.15 bits per heavy atom. The number of benzene rings is 2. The minimum absolute atomic E-state index is 0.0256. The van der Waals surface area contributed by atoms with E-state index in [1.165, 1.54) is 22.3 Å². The van der Waals surface area contributed by atoms with E-state index < -0.39 is 11.4 Å². The van der Waals surface area contributed by atoms with Gasteiger partial charge in [0.1, 0.15) is 5.01 Å². The summed E-state index contributed by atoms with van der Waals surface area (Å²) >= 11 is 7.39. The lowest BCUT2D eigenvalue weighted by Crippen LogP contribution is -2.39. The number of hydrogen-bond acceptors (Lipinski definition) is 4. The summed E-state index contributed by atoms with van der Waals surface area (Å²) in [4.78, 5) is 31.1. The zero-order valence-corrected chi connectivity index (χ0v) is 20.2. The van der Waals surface area contributed by atoms with Crippen LogP contribution in [0.1, 0.15) is 58.4 Å². The number of rotatable bonds is 10. The summed E-state index contributed by atoms with van der Waals surface area (Å²) in [5.41, 5.74) is 3.00. The van der Waals surface area contributed by atoms with Gasteiger partial charge in [0, 0.05) is 16.9 Å². The number of aromatic carboxylic acids is 1. The van der Waals surface area contributed by atoms with Crippen LogP contribution in [0.3, 0.4) is 0 Å². The summed E-state index contributed by atoms with van der Waals surface area (Å²) in [6.45, 7) is 3.01. The summed E-state index contributed by atoms with van der Waals surface area (Å²) < 4.78 is 0. The summed E-state index contributed by atoms with van der Waals surface area (Å²) in [7, 11) is 0. The van der Waals surface area contributed by atoms with Crippen molar-refractivity contribution in [2.24, 2.45) is 0 Å². The van der Waals surface area contributed by atoms with Gasteiger partial charge in [0.2, 0.25) is 5.91 Å². The van der Waals surface area contributed by atoms with Crippen molar-refractivity contribution in [3.63, 3.8) is 0 Å². The zero-order chi connectivity index (χ0) is 23.4. The largest absolute Gasteiger partial charge is 0.476 e. The second-order valence-electron chi connectivity index (χ2n) is 8.52. The lowest BCUT2D eigenvalue weighted by Gasteiger charge is -2.27. The van der Waals surface area contributed by atoms with Gasteiger partial charge < -0.3 is 10.0 Å². The van der Waals surface area contributed by atoms with Crippen molar-refractivity contribution in [1.82, 2.24) is 9.88 Å². The standard InChI is InChI=1S/C26H27ClN2O3S/c1-2-18-8-10-20(11-9-18)26(12-13-26)25(32)29(16-23-28-22(17-33-23)24(30)31)14-4-6-19-5-3-7-21(27)15-19/h3,5,7-11,15,17H,2,4,6,12-14,16H2,1H3,(H,30,31). The molecule has 4 rings (SSSR count). The average molecular weight is 483 g/mol. The number of carboxylic acids is 1. The Morgan fingerprint density at radius 2 is 1.91 bits per heavy atom. The number of thiazole rings is 1. The van der Waals surface area contributed by atoms with E-state index >= 15 is 0 Å². The molecule has 1 saturated carbocycles. The molecule has 172 valence electrons. The highest BCUT2D eigenvalue weighted by molar-refractivity contribution is 7.09. The van der Waals surface area contributed by atoms with Crippen LogP contribution in [0.25, 0.3) is 0 Å². The van der Waals surface area contributed by atoms with Crippen molar-refractivity contribution >= 4 is 34.8 Å². The third kappa shape index (κ3) is 5.45. The average Bonchev–Trinajstić information content (AvgIpc) is 3.49. The van der Waals surface area contributed by atoms with Crippen LogP contribution >= 0.6 is 22.9 Å². The minimum Gasteiger partial charge on any atom is -0.476 e. The number of carbonyl (C=O) groups excluding carboxylic acids is 1. The molecule has 7 heteroatoms. The number of nitrogens with zero attached hydrogens (tertiary/aromatic N) is 2. The third-order valence-corrected chi connectivity index (χ3v) is 7.31. The molecule has 1 aliphatic carbocycles. The van der Waals surface area contributed by atoms with Gasteiger partial charge >= 0.3 is 5.97 Å². The van der Waals surface area contributed by atoms with Crippen LogP contribution < -0.4 is 0 Å². The first-order chi connectivity index (χ1) is 15.9. The molecule has 3 aromatic rings. The fourth-order valence-electron chi connectivity index (χ4n) is 4.18. The Hall–Kier alpha value is -2.70. The van der Waals surface area contributed by atoms with E-state index in [1.54, 1.807) is 0 Å². The van der Waals surface area contributed by atoms with Gasteiger partial charge in [0.25, 0.3) is 0 Å². The van der Waals surface area contributed by atoms with Crippen molar-refractivity contribution in [2.45, 2.75) is 51.0 Å². The topological polar surface area (TPSA) is 70.5 Å². The molecule has 0 unspecified atom stereocenters. The van der Waals surface area contributed by atoms with Crippen LogP contribution in [-0.4, -0.2) is 33.4 Å². The highest BCUT2D eigenvalue weighted by Crippen LogP contribution is 2.50. The molecular formula is C26H27ClN2O3S. The van der Waals surface area contributed by atoms with Gasteiger partial charge in [0.15, 0.2) is 5.69 Å². The first-order valence-electron chi connectivity index (χ1n) is 11.2. The number of hydrogen-bond donors (Lipinski definition) is 1. The van der Waals surface area contributed by atoms with Crippen LogP contribution in [-0.2, 0) is 29.6 Å². The quantitative estimate of drug-likeness (QED) is 0.399. The molecule has 1 N–H and O–H groups in total. The highest BCUT2D eigenvalue weighted by Gasteiger charge is 2.52. The Kier molecular flexibility index (Phi) is 7.15. The van der Waals surface area contributed by atoms with Crippen molar-refractivity contribution in [3.05, 3.63) is 86.3 Å².